The predicted molar refractivity (Wildman–Crippen MR) is 68.0 cm³/mol. The first kappa shape index (κ1) is 14.7. The lowest BCUT2D eigenvalue weighted by Crippen LogP contribution is -2.36. The highest BCUT2D eigenvalue weighted by atomic mass is 32.2. The Labute approximate surface area is 107 Å². The highest BCUT2D eigenvalue weighted by molar-refractivity contribution is 7.89. The first-order valence-electron chi connectivity index (χ1n) is 5.59. The Balaban J connectivity index is 2.95. The molecular weight excluding hydrogens is 254 g/mol. The number of aromatic carboxylic acids is 1. The van der Waals surface area contributed by atoms with Crippen molar-refractivity contribution in [2.24, 2.45) is 5.92 Å². The molecule has 0 aliphatic rings. The van der Waals surface area contributed by atoms with Crippen LogP contribution < -0.4 is 4.72 Å². The first-order chi connectivity index (χ1) is 8.24. The van der Waals surface area contributed by atoms with Gasteiger partial charge in [-0.15, -0.1) is 0 Å². The van der Waals surface area contributed by atoms with E-state index >= 15 is 0 Å². The second-order valence-corrected chi connectivity index (χ2v) is 6.20. The third kappa shape index (κ3) is 3.54. The summed E-state index contributed by atoms with van der Waals surface area (Å²) in [5.41, 5.74) is 0.0610. The Bertz CT molecular complexity index is 520. The van der Waals surface area contributed by atoms with Gasteiger partial charge in [0.2, 0.25) is 10.0 Å². The van der Waals surface area contributed by atoms with E-state index in [1.54, 1.807) is 6.92 Å². The summed E-state index contributed by atoms with van der Waals surface area (Å²) in [6.45, 7) is 5.62. The number of carboxylic acids is 1. The molecule has 18 heavy (non-hydrogen) atoms. The summed E-state index contributed by atoms with van der Waals surface area (Å²) in [6, 6.07) is 4.94. The van der Waals surface area contributed by atoms with Gasteiger partial charge in [-0.05, 0) is 37.1 Å². The van der Waals surface area contributed by atoms with Crippen LogP contribution in [0.2, 0.25) is 0 Å². The van der Waals surface area contributed by atoms with Crippen molar-refractivity contribution in [3.05, 3.63) is 29.8 Å². The van der Waals surface area contributed by atoms with Gasteiger partial charge in [0.25, 0.3) is 0 Å². The van der Waals surface area contributed by atoms with Crippen LogP contribution in [0.4, 0.5) is 0 Å². The van der Waals surface area contributed by atoms with Gasteiger partial charge in [0.05, 0.1) is 10.5 Å². The molecule has 0 spiro atoms. The van der Waals surface area contributed by atoms with Crippen LogP contribution in [-0.2, 0) is 10.0 Å². The number of sulfonamides is 1. The van der Waals surface area contributed by atoms with Crippen molar-refractivity contribution in [2.75, 3.05) is 0 Å². The Morgan fingerprint density at radius 2 is 1.67 bits per heavy atom. The van der Waals surface area contributed by atoms with Crippen molar-refractivity contribution >= 4 is 16.0 Å². The minimum Gasteiger partial charge on any atom is -0.478 e. The van der Waals surface area contributed by atoms with Gasteiger partial charge in [-0.2, -0.15) is 0 Å². The number of benzene rings is 1. The van der Waals surface area contributed by atoms with Gasteiger partial charge in [-0.25, -0.2) is 17.9 Å². The summed E-state index contributed by atoms with van der Waals surface area (Å²) in [4.78, 5) is 10.7. The Morgan fingerprint density at radius 3 is 2.06 bits per heavy atom. The molecule has 0 amide bonds. The van der Waals surface area contributed by atoms with E-state index in [4.69, 9.17) is 5.11 Å². The van der Waals surface area contributed by atoms with Crippen LogP contribution in [0, 0.1) is 5.92 Å². The van der Waals surface area contributed by atoms with Gasteiger partial charge in [0, 0.05) is 6.04 Å². The third-order valence-corrected chi connectivity index (χ3v) is 4.33. The van der Waals surface area contributed by atoms with Gasteiger partial charge in [0.15, 0.2) is 0 Å². The topological polar surface area (TPSA) is 83.5 Å². The van der Waals surface area contributed by atoms with Crippen LogP contribution in [0.15, 0.2) is 29.2 Å². The Morgan fingerprint density at radius 1 is 1.17 bits per heavy atom. The fourth-order valence-corrected chi connectivity index (χ4v) is 2.62. The van der Waals surface area contributed by atoms with E-state index in [0.29, 0.717) is 0 Å². The zero-order chi connectivity index (χ0) is 13.9. The summed E-state index contributed by atoms with van der Waals surface area (Å²) in [7, 11) is -3.59. The van der Waals surface area contributed by atoms with E-state index in [1.165, 1.54) is 24.3 Å². The number of nitrogens with one attached hydrogen (secondary N) is 1. The highest BCUT2D eigenvalue weighted by Crippen LogP contribution is 2.12. The van der Waals surface area contributed by atoms with Crippen LogP contribution in [0.5, 0.6) is 0 Å². The minimum atomic E-state index is -3.59. The molecule has 0 aliphatic carbocycles. The Kier molecular flexibility index (Phi) is 4.48. The summed E-state index contributed by atoms with van der Waals surface area (Å²) in [5, 5.41) is 8.73. The largest absolute Gasteiger partial charge is 0.478 e. The zero-order valence-corrected chi connectivity index (χ0v) is 11.4. The molecule has 1 aromatic rings. The predicted octanol–water partition coefficient (Wildman–Crippen LogP) is 1.71. The van der Waals surface area contributed by atoms with E-state index in [1.807, 2.05) is 13.8 Å². The quantitative estimate of drug-likeness (QED) is 0.854. The molecule has 1 aromatic carbocycles. The lowest BCUT2D eigenvalue weighted by molar-refractivity contribution is 0.0696. The molecule has 0 heterocycles. The molecule has 0 radical (unpaired) electrons. The van der Waals surface area contributed by atoms with Crippen molar-refractivity contribution in [1.29, 1.82) is 0 Å². The minimum absolute atomic E-state index is 0.0610. The van der Waals surface area contributed by atoms with Crippen molar-refractivity contribution in [3.8, 4) is 0 Å². The molecule has 6 heteroatoms. The molecular formula is C12H17NO4S. The maximum absolute atomic E-state index is 12.0. The maximum atomic E-state index is 12.0. The number of carboxylic acid groups (broad SMARTS) is 1. The highest BCUT2D eigenvalue weighted by Gasteiger charge is 2.19. The van der Waals surface area contributed by atoms with Crippen LogP contribution in [0.1, 0.15) is 31.1 Å². The summed E-state index contributed by atoms with van der Waals surface area (Å²) in [6.07, 6.45) is 0. The third-order valence-electron chi connectivity index (χ3n) is 2.75. The molecule has 0 saturated carbocycles. The van der Waals surface area contributed by atoms with Crippen molar-refractivity contribution in [3.63, 3.8) is 0 Å². The number of rotatable bonds is 5. The molecule has 1 rings (SSSR count). The smallest absolute Gasteiger partial charge is 0.335 e. The molecule has 0 bridgehead atoms. The number of carbonyl (C=O) groups is 1. The van der Waals surface area contributed by atoms with E-state index in [0.717, 1.165) is 0 Å². The van der Waals surface area contributed by atoms with Crippen LogP contribution in [0.25, 0.3) is 0 Å². The van der Waals surface area contributed by atoms with E-state index in [9.17, 15) is 13.2 Å². The lowest BCUT2D eigenvalue weighted by Gasteiger charge is -2.17. The van der Waals surface area contributed by atoms with E-state index < -0.39 is 16.0 Å². The van der Waals surface area contributed by atoms with Crippen LogP contribution >= 0.6 is 0 Å². The molecule has 1 atom stereocenters. The van der Waals surface area contributed by atoms with Gasteiger partial charge in [0.1, 0.15) is 0 Å². The summed E-state index contributed by atoms with van der Waals surface area (Å²) in [5.74, 6) is -0.902. The van der Waals surface area contributed by atoms with Crippen LogP contribution in [0.3, 0.4) is 0 Å². The van der Waals surface area contributed by atoms with Crippen molar-refractivity contribution < 1.29 is 18.3 Å². The average molecular weight is 271 g/mol. The zero-order valence-electron chi connectivity index (χ0n) is 10.5. The molecule has 5 nitrogen and oxygen atoms in total. The van der Waals surface area contributed by atoms with Crippen molar-refractivity contribution in [1.82, 2.24) is 4.72 Å². The van der Waals surface area contributed by atoms with Gasteiger partial charge >= 0.3 is 5.97 Å². The molecule has 0 aliphatic heterocycles. The maximum Gasteiger partial charge on any atom is 0.335 e. The average Bonchev–Trinajstić information content (AvgIpc) is 2.28. The molecule has 0 saturated heterocycles. The standard InChI is InChI=1S/C12H17NO4S/c1-8(2)9(3)13-18(16,17)11-6-4-10(5-7-11)12(14)15/h4-9,13H,1-3H3,(H,14,15). The van der Waals surface area contributed by atoms with Gasteiger partial charge in [-0.1, -0.05) is 13.8 Å². The summed E-state index contributed by atoms with van der Waals surface area (Å²) >= 11 is 0. The van der Waals surface area contributed by atoms with Crippen LogP contribution in [-0.4, -0.2) is 25.5 Å². The van der Waals surface area contributed by atoms with E-state index in [2.05, 4.69) is 4.72 Å². The van der Waals surface area contributed by atoms with E-state index in [-0.39, 0.29) is 22.4 Å². The fraction of sp³-hybridized carbons (Fsp3) is 0.417. The molecule has 100 valence electrons. The Hall–Kier alpha value is -1.40. The fourth-order valence-electron chi connectivity index (χ4n) is 1.23. The number of hydrogen-bond donors (Lipinski definition) is 2. The first-order valence-corrected chi connectivity index (χ1v) is 7.08. The second-order valence-electron chi connectivity index (χ2n) is 4.48. The van der Waals surface area contributed by atoms with Crippen molar-refractivity contribution in [2.45, 2.75) is 31.7 Å². The number of hydrogen-bond acceptors (Lipinski definition) is 3. The molecule has 1 unspecified atom stereocenters. The summed E-state index contributed by atoms with van der Waals surface area (Å²) < 4.78 is 26.5. The molecule has 0 fully saturated rings. The molecule has 2 N–H and O–H groups in total. The SMILES string of the molecule is CC(C)C(C)NS(=O)(=O)c1ccc(C(=O)O)cc1. The second kappa shape index (κ2) is 5.49. The lowest BCUT2D eigenvalue weighted by atomic mass is 10.1. The van der Waals surface area contributed by atoms with Gasteiger partial charge < -0.3 is 5.11 Å². The van der Waals surface area contributed by atoms with Gasteiger partial charge in [-0.3, -0.25) is 0 Å². The normalized spacial score (nSPS) is 13.6. The molecule has 0 aromatic heterocycles. The monoisotopic (exact) mass is 271 g/mol.